The summed E-state index contributed by atoms with van der Waals surface area (Å²) in [6, 6.07) is 15.2. The minimum Gasteiger partial charge on any atom is -0.207 e. The zero-order chi connectivity index (χ0) is 12.4. The SMILES string of the molecule is Fc1ccc(Sc2cccc(C3C=CC3)c2)cc1. The molecule has 0 amide bonds. The molecule has 2 aromatic carbocycles. The second kappa shape index (κ2) is 4.99. The first-order valence-corrected chi connectivity index (χ1v) is 6.83. The summed E-state index contributed by atoms with van der Waals surface area (Å²) in [5.74, 6) is 0.395. The van der Waals surface area contributed by atoms with Crippen LogP contribution < -0.4 is 0 Å². The maximum atomic E-state index is 12.8. The molecular formula is C16H13FS. The van der Waals surface area contributed by atoms with Gasteiger partial charge in [-0.1, -0.05) is 36.0 Å². The van der Waals surface area contributed by atoms with Crippen molar-refractivity contribution in [2.24, 2.45) is 0 Å². The molecule has 1 aliphatic rings. The van der Waals surface area contributed by atoms with E-state index in [9.17, 15) is 4.39 Å². The van der Waals surface area contributed by atoms with Crippen molar-refractivity contribution >= 4 is 11.8 Å². The molecular weight excluding hydrogens is 243 g/mol. The summed E-state index contributed by atoms with van der Waals surface area (Å²) in [5, 5.41) is 0. The van der Waals surface area contributed by atoms with Gasteiger partial charge >= 0.3 is 0 Å². The van der Waals surface area contributed by atoms with Gasteiger partial charge in [0.15, 0.2) is 0 Å². The van der Waals surface area contributed by atoms with Gasteiger partial charge in [0, 0.05) is 15.7 Å². The average molecular weight is 256 g/mol. The Labute approximate surface area is 111 Å². The molecule has 1 unspecified atom stereocenters. The van der Waals surface area contributed by atoms with Crippen molar-refractivity contribution in [2.45, 2.75) is 22.1 Å². The Hall–Kier alpha value is -1.54. The summed E-state index contributed by atoms with van der Waals surface area (Å²) in [4.78, 5) is 2.28. The van der Waals surface area contributed by atoms with Gasteiger partial charge in [0.25, 0.3) is 0 Å². The Morgan fingerprint density at radius 3 is 2.44 bits per heavy atom. The van der Waals surface area contributed by atoms with Crippen molar-refractivity contribution < 1.29 is 4.39 Å². The smallest absolute Gasteiger partial charge is 0.123 e. The molecule has 0 bridgehead atoms. The second-order valence-corrected chi connectivity index (χ2v) is 5.55. The average Bonchev–Trinajstić information content (AvgIpc) is 2.31. The van der Waals surface area contributed by atoms with Gasteiger partial charge in [-0.3, -0.25) is 0 Å². The lowest BCUT2D eigenvalue weighted by molar-refractivity contribution is 0.626. The molecule has 2 aromatic rings. The lowest BCUT2D eigenvalue weighted by Crippen LogP contribution is -2.00. The molecule has 0 spiro atoms. The highest BCUT2D eigenvalue weighted by atomic mass is 32.2. The van der Waals surface area contributed by atoms with Gasteiger partial charge in [0.1, 0.15) is 5.82 Å². The van der Waals surface area contributed by atoms with Crippen molar-refractivity contribution in [3.8, 4) is 0 Å². The van der Waals surface area contributed by atoms with Crippen LogP contribution >= 0.6 is 11.8 Å². The number of hydrogen-bond donors (Lipinski definition) is 0. The third kappa shape index (κ3) is 2.49. The predicted octanol–water partition coefficient (Wildman–Crippen LogP) is 5.02. The Kier molecular flexibility index (Phi) is 3.20. The molecule has 90 valence electrons. The van der Waals surface area contributed by atoms with Crippen LogP contribution in [-0.2, 0) is 0 Å². The molecule has 0 nitrogen and oxygen atoms in total. The van der Waals surface area contributed by atoms with Crippen LogP contribution in [0.3, 0.4) is 0 Å². The molecule has 0 aromatic heterocycles. The van der Waals surface area contributed by atoms with Crippen LogP contribution in [0.5, 0.6) is 0 Å². The fourth-order valence-electron chi connectivity index (χ4n) is 1.97. The van der Waals surface area contributed by atoms with Crippen molar-refractivity contribution in [1.82, 2.24) is 0 Å². The Bertz CT molecular complexity index is 572. The molecule has 0 aliphatic heterocycles. The Balaban J connectivity index is 1.79. The lowest BCUT2D eigenvalue weighted by Gasteiger charge is -2.18. The normalized spacial score (nSPS) is 17.5. The highest BCUT2D eigenvalue weighted by molar-refractivity contribution is 7.99. The summed E-state index contributed by atoms with van der Waals surface area (Å²) in [6.45, 7) is 0. The van der Waals surface area contributed by atoms with E-state index in [1.807, 2.05) is 12.1 Å². The zero-order valence-corrected chi connectivity index (χ0v) is 10.7. The minimum absolute atomic E-state index is 0.187. The van der Waals surface area contributed by atoms with E-state index in [2.05, 4.69) is 36.4 Å². The first-order chi connectivity index (χ1) is 8.81. The molecule has 18 heavy (non-hydrogen) atoms. The fourth-order valence-corrected chi connectivity index (χ4v) is 2.85. The van der Waals surface area contributed by atoms with Gasteiger partial charge in [0.05, 0.1) is 0 Å². The fraction of sp³-hybridized carbons (Fsp3) is 0.125. The van der Waals surface area contributed by atoms with Gasteiger partial charge in [-0.25, -0.2) is 4.39 Å². The topological polar surface area (TPSA) is 0 Å². The number of halogens is 1. The van der Waals surface area contributed by atoms with E-state index < -0.39 is 0 Å². The molecule has 2 heteroatoms. The van der Waals surface area contributed by atoms with E-state index in [1.165, 1.54) is 22.6 Å². The van der Waals surface area contributed by atoms with Gasteiger partial charge in [0.2, 0.25) is 0 Å². The van der Waals surface area contributed by atoms with Crippen LogP contribution in [0.2, 0.25) is 0 Å². The lowest BCUT2D eigenvalue weighted by atomic mass is 9.88. The van der Waals surface area contributed by atoms with Gasteiger partial charge < -0.3 is 0 Å². The van der Waals surface area contributed by atoms with Crippen LogP contribution in [-0.4, -0.2) is 0 Å². The van der Waals surface area contributed by atoms with E-state index in [1.54, 1.807) is 11.8 Å². The van der Waals surface area contributed by atoms with Gasteiger partial charge in [-0.05, 0) is 48.4 Å². The van der Waals surface area contributed by atoms with Crippen molar-refractivity contribution in [1.29, 1.82) is 0 Å². The van der Waals surface area contributed by atoms with E-state index in [-0.39, 0.29) is 5.82 Å². The summed E-state index contributed by atoms with van der Waals surface area (Å²) < 4.78 is 12.8. The van der Waals surface area contributed by atoms with Crippen LogP contribution in [0.1, 0.15) is 17.9 Å². The second-order valence-electron chi connectivity index (χ2n) is 4.40. The minimum atomic E-state index is -0.187. The van der Waals surface area contributed by atoms with E-state index >= 15 is 0 Å². The maximum absolute atomic E-state index is 12.8. The highest BCUT2D eigenvalue weighted by Gasteiger charge is 2.12. The number of benzene rings is 2. The summed E-state index contributed by atoms with van der Waals surface area (Å²) >= 11 is 1.67. The summed E-state index contributed by atoms with van der Waals surface area (Å²) in [7, 11) is 0. The number of hydrogen-bond acceptors (Lipinski definition) is 1. The maximum Gasteiger partial charge on any atom is 0.123 e. The summed E-state index contributed by atoms with van der Waals surface area (Å²) in [5.41, 5.74) is 1.37. The zero-order valence-electron chi connectivity index (χ0n) is 9.84. The first-order valence-electron chi connectivity index (χ1n) is 6.01. The molecule has 0 saturated carbocycles. The van der Waals surface area contributed by atoms with Crippen LogP contribution in [0.25, 0.3) is 0 Å². The van der Waals surface area contributed by atoms with Crippen molar-refractivity contribution in [3.63, 3.8) is 0 Å². The highest BCUT2D eigenvalue weighted by Crippen LogP contribution is 2.33. The Morgan fingerprint density at radius 1 is 1.00 bits per heavy atom. The molecule has 0 fully saturated rings. The third-order valence-corrected chi connectivity index (χ3v) is 4.09. The number of rotatable bonds is 3. The van der Waals surface area contributed by atoms with E-state index in [0.717, 1.165) is 11.3 Å². The molecule has 0 N–H and O–H groups in total. The monoisotopic (exact) mass is 256 g/mol. The van der Waals surface area contributed by atoms with Gasteiger partial charge in [-0.2, -0.15) is 0 Å². The predicted molar refractivity (Wildman–Crippen MR) is 73.5 cm³/mol. The standard InChI is InChI=1S/C16H13FS/c17-14-7-9-15(10-8-14)18-16-6-2-5-13(11-16)12-3-1-4-12/h1-3,5-12H,4H2. The molecule has 0 heterocycles. The molecule has 1 atom stereocenters. The molecule has 1 aliphatic carbocycles. The van der Waals surface area contributed by atoms with E-state index in [0.29, 0.717) is 5.92 Å². The molecule has 3 rings (SSSR count). The third-order valence-electron chi connectivity index (χ3n) is 3.09. The summed E-state index contributed by atoms with van der Waals surface area (Å²) in [6.07, 6.45) is 5.58. The van der Waals surface area contributed by atoms with Crippen LogP contribution in [0.4, 0.5) is 4.39 Å². The quantitative estimate of drug-likeness (QED) is 0.695. The molecule has 0 radical (unpaired) electrons. The number of allylic oxidation sites excluding steroid dienone is 2. The van der Waals surface area contributed by atoms with Crippen molar-refractivity contribution in [2.75, 3.05) is 0 Å². The first kappa shape index (κ1) is 11.5. The van der Waals surface area contributed by atoms with Crippen molar-refractivity contribution in [3.05, 3.63) is 72.1 Å². The van der Waals surface area contributed by atoms with Crippen LogP contribution in [0.15, 0.2) is 70.5 Å². The van der Waals surface area contributed by atoms with Gasteiger partial charge in [-0.15, -0.1) is 0 Å². The largest absolute Gasteiger partial charge is 0.207 e. The van der Waals surface area contributed by atoms with Crippen LogP contribution in [0, 0.1) is 5.82 Å². The Morgan fingerprint density at radius 2 is 1.78 bits per heavy atom. The molecule has 0 saturated heterocycles. The van der Waals surface area contributed by atoms with E-state index in [4.69, 9.17) is 0 Å².